The van der Waals surface area contributed by atoms with Gasteiger partial charge in [-0.3, -0.25) is 0 Å². The minimum Gasteiger partial charge on any atom is -0.493 e. The van der Waals surface area contributed by atoms with Gasteiger partial charge in [-0.15, -0.1) is 0 Å². The fourth-order valence-electron chi connectivity index (χ4n) is 2.79. The first-order valence-electron chi connectivity index (χ1n) is 7.16. The summed E-state index contributed by atoms with van der Waals surface area (Å²) in [5.41, 5.74) is 2.48. The lowest BCUT2D eigenvalue weighted by Crippen LogP contribution is -2.35. The molecule has 0 saturated carbocycles. The van der Waals surface area contributed by atoms with E-state index in [2.05, 4.69) is 18.3 Å². The third-order valence-corrected chi connectivity index (χ3v) is 6.06. The zero-order chi connectivity index (χ0) is 14.2. The highest BCUT2D eigenvalue weighted by Crippen LogP contribution is 2.34. The van der Waals surface area contributed by atoms with Gasteiger partial charge in [0.05, 0.1) is 18.1 Å². The third-order valence-electron chi connectivity index (χ3n) is 4.41. The molecule has 0 aliphatic carbocycles. The van der Waals surface area contributed by atoms with Crippen molar-refractivity contribution in [3.8, 4) is 5.75 Å². The molecule has 1 saturated heterocycles. The molecule has 2 heterocycles. The number of nitrogens with one attached hydrogen (secondary N) is 1. The van der Waals surface area contributed by atoms with Gasteiger partial charge in [-0.05, 0) is 30.9 Å². The van der Waals surface area contributed by atoms with Crippen molar-refractivity contribution in [1.82, 2.24) is 0 Å². The van der Waals surface area contributed by atoms with E-state index >= 15 is 0 Å². The van der Waals surface area contributed by atoms with Gasteiger partial charge in [0.15, 0.2) is 0 Å². The van der Waals surface area contributed by atoms with Crippen molar-refractivity contribution >= 4 is 15.5 Å². The first-order valence-corrected chi connectivity index (χ1v) is 8.98. The minimum absolute atomic E-state index is 0.0300. The molecule has 20 heavy (non-hydrogen) atoms. The van der Waals surface area contributed by atoms with E-state index in [1.54, 1.807) is 0 Å². The Morgan fingerprint density at radius 3 is 2.80 bits per heavy atom. The normalized spacial score (nSPS) is 22.9. The smallest absolute Gasteiger partial charge is 0.150 e. The molecule has 0 aromatic heterocycles. The number of hydrogen-bond acceptors (Lipinski definition) is 4. The van der Waals surface area contributed by atoms with Crippen LogP contribution in [0.15, 0.2) is 18.2 Å². The molecule has 0 bridgehead atoms. The standard InChI is InChI=1S/C15H21NO3S/c1-15(5-8-20(17,18)9-6-15)11-19-13-3-2-12-4-7-16-14(12)10-13/h2-3,10,16H,4-9,11H2,1H3. The van der Waals surface area contributed by atoms with Crippen LogP contribution in [-0.2, 0) is 16.3 Å². The SMILES string of the molecule is CC1(COc2ccc3c(c2)NCC3)CCS(=O)(=O)CC1. The van der Waals surface area contributed by atoms with E-state index in [1.807, 2.05) is 12.1 Å². The highest BCUT2D eigenvalue weighted by atomic mass is 32.2. The summed E-state index contributed by atoms with van der Waals surface area (Å²) in [6, 6.07) is 6.17. The molecule has 0 radical (unpaired) electrons. The summed E-state index contributed by atoms with van der Waals surface area (Å²) in [6.45, 7) is 3.70. The fourth-order valence-corrected chi connectivity index (χ4v) is 4.60. The fraction of sp³-hybridized carbons (Fsp3) is 0.600. The number of benzene rings is 1. The monoisotopic (exact) mass is 295 g/mol. The second-order valence-electron chi connectivity index (χ2n) is 6.25. The summed E-state index contributed by atoms with van der Waals surface area (Å²) >= 11 is 0. The summed E-state index contributed by atoms with van der Waals surface area (Å²) in [5.74, 6) is 1.45. The predicted octanol–water partition coefficient (Wildman–Crippen LogP) is 2.25. The Hall–Kier alpha value is -1.23. The molecular weight excluding hydrogens is 274 g/mol. The van der Waals surface area contributed by atoms with Crippen molar-refractivity contribution in [3.63, 3.8) is 0 Å². The van der Waals surface area contributed by atoms with Gasteiger partial charge in [-0.2, -0.15) is 0 Å². The highest BCUT2D eigenvalue weighted by molar-refractivity contribution is 7.91. The number of fused-ring (bicyclic) bond motifs is 1. The molecule has 0 atom stereocenters. The summed E-state index contributed by atoms with van der Waals surface area (Å²) < 4.78 is 28.9. The molecule has 2 aliphatic heterocycles. The van der Waals surface area contributed by atoms with E-state index in [0.717, 1.165) is 18.7 Å². The van der Waals surface area contributed by atoms with E-state index < -0.39 is 9.84 Å². The molecule has 0 amide bonds. The molecule has 1 N–H and O–H groups in total. The lowest BCUT2D eigenvalue weighted by Gasteiger charge is -2.33. The van der Waals surface area contributed by atoms with Crippen LogP contribution in [0, 0.1) is 5.41 Å². The molecule has 1 aromatic rings. The van der Waals surface area contributed by atoms with Gasteiger partial charge in [-0.25, -0.2) is 8.42 Å². The van der Waals surface area contributed by atoms with Crippen LogP contribution in [0.5, 0.6) is 5.75 Å². The lowest BCUT2D eigenvalue weighted by molar-refractivity contribution is 0.149. The van der Waals surface area contributed by atoms with Crippen LogP contribution in [0.3, 0.4) is 0 Å². The maximum absolute atomic E-state index is 11.5. The molecule has 0 unspecified atom stereocenters. The van der Waals surface area contributed by atoms with Gasteiger partial charge < -0.3 is 10.1 Å². The first kappa shape index (κ1) is 13.7. The Morgan fingerprint density at radius 2 is 2.05 bits per heavy atom. The summed E-state index contributed by atoms with van der Waals surface area (Å²) in [6.07, 6.45) is 2.46. The molecular formula is C15H21NO3S. The average molecular weight is 295 g/mol. The molecule has 110 valence electrons. The number of hydrogen-bond donors (Lipinski definition) is 1. The Bertz CT molecular complexity index is 596. The van der Waals surface area contributed by atoms with Crippen LogP contribution >= 0.6 is 0 Å². The van der Waals surface area contributed by atoms with Crippen LogP contribution in [-0.4, -0.2) is 33.1 Å². The quantitative estimate of drug-likeness (QED) is 0.929. The lowest BCUT2D eigenvalue weighted by atomic mass is 9.85. The molecule has 1 fully saturated rings. The van der Waals surface area contributed by atoms with Crippen molar-refractivity contribution in [2.45, 2.75) is 26.2 Å². The molecule has 1 aromatic carbocycles. The van der Waals surface area contributed by atoms with Crippen LogP contribution in [0.4, 0.5) is 5.69 Å². The van der Waals surface area contributed by atoms with Gasteiger partial charge in [0.25, 0.3) is 0 Å². The van der Waals surface area contributed by atoms with Crippen LogP contribution in [0.2, 0.25) is 0 Å². The van der Waals surface area contributed by atoms with Gasteiger partial charge in [0.2, 0.25) is 0 Å². The highest BCUT2D eigenvalue weighted by Gasteiger charge is 2.34. The number of anilines is 1. The second kappa shape index (κ2) is 4.95. The van der Waals surface area contributed by atoms with Crippen molar-refractivity contribution in [2.75, 3.05) is 30.0 Å². The molecule has 3 rings (SSSR count). The average Bonchev–Trinajstić information content (AvgIpc) is 2.88. The predicted molar refractivity (Wildman–Crippen MR) is 80.1 cm³/mol. The first-order chi connectivity index (χ1) is 9.46. The van der Waals surface area contributed by atoms with Crippen LogP contribution < -0.4 is 10.1 Å². The van der Waals surface area contributed by atoms with Gasteiger partial charge in [0.1, 0.15) is 15.6 Å². The maximum atomic E-state index is 11.5. The Morgan fingerprint density at radius 1 is 1.30 bits per heavy atom. The van der Waals surface area contributed by atoms with E-state index in [9.17, 15) is 8.42 Å². The van der Waals surface area contributed by atoms with Crippen molar-refractivity contribution in [3.05, 3.63) is 23.8 Å². The van der Waals surface area contributed by atoms with Gasteiger partial charge in [-0.1, -0.05) is 13.0 Å². The van der Waals surface area contributed by atoms with Gasteiger partial charge in [0, 0.05) is 23.7 Å². The van der Waals surface area contributed by atoms with Gasteiger partial charge >= 0.3 is 0 Å². The number of rotatable bonds is 3. The van der Waals surface area contributed by atoms with Crippen molar-refractivity contribution in [2.24, 2.45) is 5.41 Å². The summed E-state index contributed by atoms with van der Waals surface area (Å²) in [4.78, 5) is 0. The molecule has 4 nitrogen and oxygen atoms in total. The van der Waals surface area contributed by atoms with Crippen molar-refractivity contribution < 1.29 is 13.2 Å². The van der Waals surface area contributed by atoms with Crippen LogP contribution in [0.25, 0.3) is 0 Å². The third kappa shape index (κ3) is 2.92. The molecule has 5 heteroatoms. The maximum Gasteiger partial charge on any atom is 0.150 e. The minimum atomic E-state index is -2.81. The Balaban J connectivity index is 1.62. The van der Waals surface area contributed by atoms with Crippen molar-refractivity contribution in [1.29, 1.82) is 0 Å². The van der Waals surface area contributed by atoms with E-state index in [4.69, 9.17) is 4.74 Å². The zero-order valence-corrected chi connectivity index (χ0v) is 12.6. The van der Waals surface area contributed by atoms with E-state index in [0.29, 0.717) is 31.0 Å². The summed E-state index contributed by atoms with van der Waals surface area (Å²) in [7, 11) is -2.81. The molecule has 2 aliphatic rings. The Labute approximate surface area is 120 Å². The summed E-state index contributed by atoms with van der Waals surface area (Å²) in [5, 5.41) is 3.34. The Kier molecular flexibility index (Phi) is 3.40. The second-order valence-corrected chi connectivity index (χ2v) is 8.55. The topological polar surface area (TPSA) is 55.4 Å². The largest absolute Gasteiger partial charge is 0.493 e. The number of sulfone groups is 1. The zero-order valence-electron chi connectivity index (χ0n) is 11.8. The molecule has 0 spiro atoms. The van der Waals surface area contributed by atoms with Crippen LogP contribution in [0.1, 0.15) is 25.3 Å². The van der Waals surface area contributed by atoms with E-state index in [-0.39, 0.29) is 5.41 Å². The number of ether oxygens (including phenoxy) is 1. The van der Waals surface area contributed by atoms with E-state index in [1.165, 1.54) is 11.3 Å².